The number of rotatable bonds is 9. The number of ether oxygens (including phenoxy) is 2. The molecular weight excluding hydrogens is 318 g/mol. The lowest BCUT2D eigenvalue weighted by molar-refractivity contribution is -0.133. The van der Waals surface area contributed by atoms with Crippen LogP contribution in [0, 0.1) is 0 Å². The molecule has 0 aliphatic rings. The molecule has 0 aliphatic heterocycles. The van der Waals surface area contributed by atoms with E-state index in [0.29, 0.717) is 19.8 Å². The summed E-state index contributed by atoms with van der Waals surface area (Å²) in [5.41, 5.74) is 2.02. The summed E-state index contributed by atoms with van der Waals surface area (Å²) in [7, 11) is 0. The van der Waals surface area contributed by atoms with Crippen molar-refractivity contribution in [1.29, 1.82) is 0 Å². The Morgan fingerprint density at radius 1 is 1.20 bits per heavy atom. The molecule has 0 spiro atoms. The molecule has 1 N–H and O–H groups in total. The zero-order chi connectivity index (χ0) is 18.4. The van der Waals surface area contributed by atoms with E-state index in [1.54, 1.807) is 6.92 Å². The van der Waals surface area contributed by atoms with Crippen LogP contribution < -0.4 is 5.32 Å². The molecule has 2 aromatic rings. The predicted octanol–water partition coefficient (Wildman–Crippen LogP) is 3.24. The largest absolute Gasteiger partial charge is 0.379 e. The molecule has 2 atom stereocenters. The van der Waals surface area contributed by atoms with Gasteiger partial charge in [0.15, 0.2) is 0 Å². The Morgan fingerprint density at radius 2 is 1.92 bits per heavy atom. The van der Waals surface area contributed by atoms with Crippen LogP contribution in [0.2, 0.25) is 0 Å². The molecular formula is C19H29N3O3. The number of fused-ring (bicyclic) bond motifs is 1. The zero-order valence-electron chi connectivity index (χ0n) is 15.8. The first-order chi connectivity index (χ1) is 12.0. The molecule has 138 valence electrons. The highest BCUT2D eigenvalue weighted by Gasteiger charge is 2.22. The van der Waals surface area contributed by atoms with Gasteiger partial charge in [0.25, 0.3) is 0 Å². The fourth-order valence-electron chi connectivity index (χ4n) is 2.81. The van der Waals surface area contributed by atoms with Crippen LogP contribution >= 0.6 is 0 Å². The van der Waals surface area contributed by atoms with Gasteiger partial charge in [0.05, 0.1) is 30.3 Å². The third-order valence-corrected chi connectivity index (χ3v) is 4.05. The van der Waals surface area contributed by atoms with E-state index in [1.807, 2.05) is 32.0 Å². The molecule has 2 unspecified atom stereocenters. The molecule has 6 heteroatoms. The predicted molar refractivity (Wildman–Crippen MR) is 98.6 cm³/mol. The highest BCUT2D eigenvalue weighted by Crippen LogP contribution is 2.24. The van der Waals surface area contributed by atoms with Crippen LogP contribution in [0.1, 0.15) is 52.5 Å². The van der Waals surface area contributed by atoms with E-state index in [-0.39, 0.29) is 18.0 Å². The maximum atomic E-state index is 12.4. The molecule has 1 aromatic carbocycles. The summed E-state index contributed by atoms with van der Waals surface area (Å²) in [6, 6.07) is 8.07. The molecule has 2 rings (SSSR count). The quantitative estimate of drug-likeness (QED) is 0.707. The van der Waals surface area contributed by atoms with Crippen molar-refractivity contribution in [2.75, 3.05) is 19.8 Å². The van der Waals surface area contributed by atoms with Gasteiger partial charge in [-0.2, -0.15) is 0 Å². The maximum Gasteiger partial charge on any atom is 0.249 e. The van der Waals surface area contributed by atoms with E-state index < -0.39 is 6.10 Å². The first-order valence-electron chi connectivity index (χ1n) is 8.92. The van der Waals surface area contributed by atoms with Crippen molar-refractivity contribution < 1.29 is 14.3 Å². The van der Waals surface area contributed by atoms with Crippen LogP contribution in [0.15, 0.2) is 24.3 Å². The SMILES string of the molecule is CCOCCOC(C)C(=O)NC(C)c1nc2ccccc2n1C(C)C. The smallest absolute Gasteiger partial charge is 0.249 e. The third kappa shape index (κ3) is 4.80. The zero-order valence-corrected chi connectivity index (χ0v) is 15.8. The molecule has 0 fully saturated rings. The van der Waals surface area contributed by atoms with Gasteiger partial charge in [0, 0.05) is 12.6 Å². The number of hydrogen-bond donors (Lipinski definition) is 1. The summed E-state index contributed by atoms with van der Waals surface area (Å²) in [4.78, 5) is 17.1. The average molecular weight is 347 g/mol. The molecule has 1 heterocycles. The first kappa shape index (κ1) is 19.4. The molecule has 25 heavy (non-hydrogen) atoms. The second-order valence-electron chi connectivity index (χ2n) is 6.36. The lowest BCUT2D eigenvalue weighted by Crippen LogP contribution is -2.37. The molecule has 0 aliphatic carbocycles. The van der Waals surface area contributed by atoms with Gasteiger partial charge in [-0.25, -0.2) is 4.98 Å². The fraction of sp³-hybridized carbons (Fsp3) is 0.579. The number of aromatic nitrogens is 2. The van der Waals surface area contributed by atoms with Gasteiger partial charge in [-0.1, -0.05) is 12.1 Å². The molecule has 1 amide bonds. The second-order valence-corrected chi connectivity index (χ2v) is 6.36. The number of nitrogens with zero attached hydrogens (tertiary/aromatic N) is 2. The number of amides is 1. The third-order valence-electron chi connectivity index (χ3n) is 4.05. The van der Waals surface area contributed by atoms with Gasteiger partial charge in [-0.3, -0.25) is 4.79 Å². The summed E-state index contributed by atoms with van der Waals surface area (Å²) < 4.78 is 12.9. The lowest BCUT2D eigenvalue weighted by Gasteiger charge is -2.20. The van der Waals surface area contributed by atoms with Crippen LogP contribution in [0.5, 0.6) is 0 Å². The monoisotopic (exact) mass is 347 g/mol. The fourth-order valence-corrected chi connectivity index (χ4v) is 2.81. The number of benzene rings is 1. The topological polar surface area (TPSA) is 65.4 Å². The molecule has 6 nitrogen and oxygen atoms in total. The Morgan fingerprint density at radius 3 is 2.60 bits per heavy atom. The van der Waals surface area contributed by atoms with Gasteiger partial charge in [0.2, 0.25) is 5.91 Å². The number of para-hydroxylation sites is 2. The van der Waals surface area contributed by atoms with Crippen molar-refractivity contribution in [1.82, 2.24) is 14.9 Å². The molecule has 0 saturated heterocycles. The molecule has 0 bridgehead atoms. The van der Waals surface area contributed by atoms with E-state index in [1.165, 1.54) is 0 Å². The van der Waals surface area contributed by atoms with Crippen molar-refractivity contribution in [3.05, 3.63) is 30.1 Å². The Labute approximate surface area is 149 Å². The van der Waals surface area contributed by atoms with E-state index in [9.17, 15) is 4.79 Å². The van der Waals surface area contributed by atoms with Crippen molar-refractivity contribution in [2.45, 2.75) is 52.8 Å². The van der Waals surface area contributed by atoms with Gasteiger partial charge in [-0.15, -0.1) is 0 Å². The first-order valence-corrected chi connectivity index (χ1v) is 8.92. The average Bonchev–Trinajstić information content (AvgIpc) is 2.98. The van der Waals surface area contributed by atoms with Gasteiger partial charge < -0.3 is 19.4 Å². The summed E-state index contributed by atoms with van der Waals surface area (Å²) in [5.74, 6) is 0.706. The van der Waals surface area contributed by atoms with Crippen LogP contribution in [-0.2, 0) is 14.3 Å². The van der Waals surface area contributed by atoms with Crippen LogP contribution in [-0.4, -0.2) is 41.4 Å². The highest BCUT2D eigenvalue weighted by atomic mass is 16.5. The Bertz CT molecular complexity index is 696. The van der Waals surface area contributed by atoms with Crippen molar-refractivity contribution >= 4 is 16.9 Å². The number of imidazole rings is 1. The van der Waals surface area contributed by atoms with Crippen LogP contribution in [0.4, 0.5) is 0 Å². The number of nitrogens with one attached hydrogen (secondary N) is 1. The molecule has 0 saturated carbocycles. The Hall–Kier alpha value is -1.92. The summed E-state index contributed by atoms with van der Waals surface area (Å²) in [6.07, 6.45) is -0.528. The van der Waals surface area contributed by atoms with Gasteiger partial charge in [-0.05, 0) is 46.8 Å². The van der Waals surface area contributed by atoms with E-state index in [4.69, 9.17) is 14.5 Å². The Balaban J connectivity index is 2.07. The normalized spacial score (nSPS) is 14.0. The van der Waals surface area contributed by atoms with Crippen molar-refractivity contribution in [2.24, 2.45) is 0 Å². The van der Waals surface area contributed by atoms with Crippen LogP contribution in [0.3, 0.4) is 0 Å². The maximum absolute atomic E-state index is 12.4. The second kappa shape index (κ2) is 8.97. The highest BCUT2D eigenvalue weighted by molar-refractivity contribution is 5.81. The number of carbonyl (C=O) groups excluding carboxylic acids is 1. The van der Waals surface area contributed by atoms with E-state index >= 15 is 0 Å². The minimum absolute atomic E-state index is 0.147. The lowest BCUT2D eigenvalue weighted by atomic mass is 10.2. The number of carbonyl (C=O) groups is 1. The number of hydrogen-bond acceptors (Lipinski definition) is 4. The summed E-state index contributed by atoms with van der Waals surface area (Å²) in [6.45, 7) is 11.4. The standard InChI is InChI=1S/C19H29N3O3/c1-6-24-11-12-25-15(5)19(23)20-14(4)18-21-16-9-7-8-10-17(16)22(18)13(2)3/h7-10,13-15H,6,11-12H2,1-5H3,(H,20,23). The van der Waals surface area contributed by atoms with Gasteiger partial charge >= 0.3 is 0 Å². The molecule has 1 aromatic heterocycles. The van der Waals surface area contributed by atoms with Crippen molar-refractivity contribution in [3.63, 3.8) is 0 Å². The van der Waals surface area contributed by atoms with Crippen molar-refractivity contribution in [3.8, 4) is 0 Å². The summed E-state index contributed by atoms with van der Waals surface area (Å²) in [5, 5.41) is 3.00. The van der Waals surface area contributed by atoms with E-state index in [0.717, 1.165) is 16.9 Å². The minimum Gasteiger partial charge on any atom is -0.379 e. The van der Waals surface area contributed by atoms with E-state index in [2.05, 4.69) is 29.8 Å². The Kier molecular flexibility index (Phi) is 6.96. The van der Waals surface area contributed by atoms with Gasteiger partial charge in [0.1, 0.15) is 11.9 Å². The molecule has 0 radical (unpaired) electrons. The van der Waals surface area contributed by atoms with Crippen LogP contribution in [0.25, 0.3) is 11.0 Å². The minimum atomic E-state index is -0.528. The summed E-state index contributed by atoms with van der Waals surface area (Å²) >= 11 is 0.